The maximum absolute atomic E-state index is 12.9. The summed E-state index contributed by atoms with van der Waals surface area (Å²) in [6.07, 6.45) is 0. The van der Waals surface area contributed by atoms with Crippen LogP contribution in [0.3, 0.4) is 0 Å². The summed E-state index contributed by atoms with van der Waals surface area (Å²) in [5, 5.41) is 11.7. The van der Waals surface area contributed by atoms with Crippen LogP contribution in [-0.4, -0.2) is 31.7 Å². The monoisotopic (exact) mass is 422 g/mol. The Morgan fingerprint density at radius 1 is 0.967 bits per heavy atom. The zero-order chi connectivity index (χ0) is 21.8. The maximum Gasteiger partial charge on any atom is 0.226 e. The van der Waals surface area contributed by atoms with Crippen molar-refractivity contribution in [3.63, 3.8) is 0 Å². The van der Waals surface area contributed by atoms with Crippen LogP contribution >= 0.6 is 11.8 Å². The van der Waals surface area contributed by atoms with Crippen LogP contribution < -0.4 is 5.32 Å². The molecule has 6 nitrogen and oxygen atoms in total. The van der Waals surface area contributed by atoms with E-state index in [0.717, 1.165) is 17.1 Å². The van der Waals surface area contributed by atoms with Gasteiger partial charge in [-0.2, -0.15) is 0 Å². The molecule has 0 bridgehead atoms. The molecule has 0 aliphatic heterocycles. The van der Waals surface area contributed by atoms with Gasteiger partial charge in [-0.25, -0.2) is 0 Å². The summed E-state index contributed by atoms with van der Waals surface area (Å²) in [5.74, 6) is 0.621. The fourth-order valence-electron chi connectivity index (χ4n) is 2.96. The van der Waals surface area contributed by atoms with E-state index in [1.807, 2.05) is 63.5 Å². The van der Waals surface area contributed by atoms with Gasteiger partial charge in [0.05, 0.1) is 10.9 Å². The molecule has 0 radical (unpaired) electrons. The van der Waals surface area contributed by atoms with E-state index in [2.05, 4.69) is 15.5 Å². The van der Waals surface area contributed by atoms with Crippen LogP contribution in [0.5, 0.6) is 0 Å². The fraction of sp³-hybridized carbons (Fsp3) is 0.304. The van der Waals surface area contributed by atoms with Crippen LogP contribution in [0.2, 0.25) is 0 Å². The molecule has 2 aromatic carbocycles. The average molecular weight is 423 g/mol. The van der Waals surface area contributed by atoms with Gasteiger partial charge in [0.2, 0.25) is 5.91 Å². The Balaban J connectivity index is 1.76. The predicted octanol–water partition coefficient (Wildman–Crippen LogP) is 4.84. The number of aromatic nitrogens is 3. The van der Waals surface area contributed by atoms with Gasteiger partial charge in [-0.15, -0.1) is 10.2 Å². The molecule has 0 spiro atoms. The minimum Gasteiger partial charge on any atom is -0.326 e. The maximum atomic E-state index is 12.9. The van der Waals surface area contributed by atoms with Gasteiger partial charge >= 0.3 is 0 Å². The molecule has 0 fully saturated rings. The number of benzene rings is 2. The van der Waals surface area contributed by atoms with Crippen molar-refractivity contribution in [3.8, 4) is 5.69 Å². The Bertz CT molecular complexity index is 1060. The molecule has 0 saturated carbocycles. The quantitative estimate of drug-likeness (QED) is 0.435. The van der Waals surface area contributed by atoms with Gasteiger partial charge in [0.15, 0.2) is 10.9 Å². The van der Waals surface area contributed by atoms with Gasteiger partial charge < -0.3 is 5.32 Å². The summed E-state index contributed by atoms with van der Waals surface area (Å²) < 4.78 is 1.98. The lowest BCUT2D eigenvalue weighted by molar-refractivity contribution is -0.118. The van der Waals surface area contributed by atoms with Gasteiger partial charge in [-0.3, -0.25) is 14.2 Å². The number of Topliss-reactive ketones (excluding diaryl/α,β-unsaturated/α-hetero) is 1. The summed E-state index contributed by atoms with van der Waals surface area (Å²) in [4.78, 5) is 24.8. The van der Waals surface area contributed by atoms with E-state index in [4.69, 9.17) is 0 Å². The average Bonchev–Trinajstić information content (AvgIpc) is 3.08. The summed E-state index contributed by atoms with van der Waals surface area (Å²) in [7, 11) is 0. The van der Waals surface area contributed by atoms with Crippen molar-refractivity contribution in [3.05, 3.63) is 65.5 Å². The third-order valence-corrected chi connectivity index (χ3v) is 5.81. The number of amides is 1. The van der Waals surface area contributed by atoms with E-state index in [1.165, 1.54) is 11.8 Å². The summed E-state index contributed by atoms with van der Waals surface area (Å²) >= 11 is 1.39. The Morgan fingerprint density at radius 3 is 2.27 bits per heavy atom. The van der Waals surface area contributed by atoms with Gasteiger partial charge in [0, 0.05) is 17.2 Å². The number of ketones is 1. The van der Waals surface area contributed by atoms with Crippen molar-refractivity contribution in [1.29, 1.82) is 0 Å². The number of carbonyl (C=O) groups excluding carboxylic acids is 2. The highest BCUT2D eigenvalue weighted by molar-refractivity contribution is 8.00. The molecule has 0 aliphatic rings. The van der Waals surface area contributed by atoms with Crippen molar-refractivity contribution >= 4 is 29.1 Å². The first-order valence-electron chi connectivity index (χ1n) is 9.87. The van der Waals surface area contributed by atoms with E-state index >= 15 is 0 Å². The number of carbonyl (C=O) groups is 2. The molecule has 1 heterocycles. The van der Waals surface area contributed by atoms with Crippen LogP contribution in [-0.2, 0) is 4.79 Å². The minimum atomic E-state index is -0.340. The third-order valence-electron chi connectivity index (χ3n) is 4.76. The predicted molar refractivity (Wildman–Crippen MR) is 120 cm³/mol. The van der Waals surface area contributed by atoms with Crippen molar-refractivity contribution in [2.75, 3.05) is 5.32 Å². The first-order chi connectivity index (χ1) is 14.3. The number of para-hydroxylation sites is 1. The van der Waals surface area contributed by atoms with Gasteiger partial charge in [-0.1, -0.05) is 43.8 Å². The number of aryl methyl sites for hydroxylation is 2. The molecule has 3 rings (SSSR count). The highest BCUT2D eigenvalue weighted by Crippen LogP contribution is 2.28. The van der Waals surface area contributed by atoms with E-state index in [9.17, 15) is 9.59 Å². The molecule has 156 valence electrons. The lowest BCUT2D eigenvalue weighted by Gasteiger charge is -2.14. The first-order valence-corrected chi connectivity index (χ1v) is 10.8. The Morgan fingerprint density at radius 2 is 1.63 bits per heavy atom. The van der Waals surface area contributed by atoms with Gasteiger partial charge in [0.1, 0.15) is 5.82 Å². The molecule has 1 aromatic heterocycles. The molecule has 1 atom stereocenters. The second-order valence-corrected chi connectivity index (χ2v) is 8.81. The molecule has 3 aromatic rings. The highest BCUT2D eigenvalue weighted by Gasteiger charge is 2.21. The Labute approximate surface area is 181 Å². The van der Waals surface area contributed by atoms with Crippen LogP contribution in [0.25, 0.3) is 5.69 Å². The largest absolute Gasteiger partial charge is 0.326 e. The van der Waals surface area contributed by atoms with E-state index < -0.39 is 0 Å². The van der Waals surface area contributed by atoms with Gasteiger partial charge in [0.25, 0.3) is 0 Å². The number of thioether (sulfide) groups is 1. The van der Waals surface area contributed by atoms with Crippen molar-refractivity contribution in [2.45, 2.75) is 45.0 Å². The lowest BCUT2D eigenvalue weighted by atomic mass is 10.1. The molecular weight excluding hydrogens is 396 g/mol. The van der Waals surface area contributed by atoms with E-state index in [-0.39, 0.29) is 22.9 Å². The molecule has 30 heavy (non-hydrogen) atoms. The summed E-state index contributed by atoms with van der Waals surface area (Å²) in [6.45, 7) is 9.48. The topological polar surface area (TPSA) is 76.9 Å². The number of anilines is 1. The van der Waals surface area contributed by atoms with Crippen LogP contribution in [0.15, 0.2) is 53.7 Å². The van der Waals surface area contributed by atoms with E-state index in [0.29, 0.717) is 16.4 Å². The number of hydrogen-bond donors (Lipinski definition) is 1. The fourth-order valence-corrected chi connectivity index (χ4v) is 3.94. The first kappa shape index (κ1) is 21.8. The molecule has 7 heteroatoms. The standard InChI is InChI=1S/C23H26N4O2S/c1-14(2)22(29)24-19-12-10-18(11-13-19)21(28)16(4)30-23-26-25-17(5)27(23)20-9-7-6-8-15(20)3/h6-14,16H,1-5H3,(H,24,29)/t16-/m1/s1. The van der Waals surface area contributed by atoms with Crippen molar-refractivity contribution < 1.29 is 9.59 Å². The normalized spacial score (nSPS) is 12.1. The SMILES string of the molecule is Cc1ccccc1-n1c(C)nnc1S[C@H](C)C(=O)c1ccc(NC(=O)C(C)C)cc1. The van der Waals surface area contributed by atoms with Crippen molar-refractivity contribution in [1.82, 2.24) is 14.8 Å². The van der Waals surface area contributed by atoms with Crippen LogP contribution in [0, 0.1) is 19.8 Å². The van der Waals surface area contributed by atoms with Crippen LogP contribution in [0.4, 0.5) is 5.69 Å². The zero-order valence-electron chi connectivity index (χ0n) is 17.8. The molecule has 1 N–H and O–H groups in total. The Kier molecular flexibility index (Phi) is 6.72. The summed E-state index contributed by atoms with van der Waals surface area (Å²) in [6, 6.07) is 15.0. The second-order valence-electron chi connectivity index (χ2n) is 7.50. The smallest absolute Gasteiger partial charge is 0.226 e. The lowest BCUT2D eigenvalue weighted by Crippen LogP contribution is -2.18. The third kappa shape index (κ3) is 4.79. The van der Waals surface area contributed by atoms with Gasteiger partial charge in [-0.05, 0) is 56.7 Å². The molecule has 1 amide bonds. The number of nitrogens with one attached hydrogen (secondary N) is 1. The van der Waals surface area contributed by atoms with E-state index in [1.54, 1.807) is 24.3 Å². The molecule has 0 aliphatic carbocycles. The zero-order valence-corrected chi connectivity index (χ0v) is 18.7. The highest BCUT2D eigenvalue weighted by atomic mass is 32.2. The number of rotatable bonds is 7. The minimum absolute atomic E-state index is 0.00118. The summed E-state index contributed by atoms with van der Waals surface area (Å²) in [5.41, 5.74) is 3.39. The molecular formula is C23H26N4O2S. The second kappa shape index (κ2) is 9.26. The Hall–Kier alpha value is -2.93. The number of nitrogens with zero attached hydrogens (tertiary/aromatic N) is 3. The number of hydrogen-bond acceptors (Lipinski definition) is 5. The van der Waals surface area contributed by atoms with Crippen molar-refractivity contribution in [2.24, 2.45) is 5.92 Å². The molecule has 0 unspecified atom stereocenters. The molecule has 0 saturated heterocycles. The van der Waals surface area contributed by atoms with Crippen LogP contribution in [0.1, 0.15) is 42.5 Å².